The van der Waals surface area contributed by atoms with Crippen LogP contribution in [0, 0.1) is 5.92 Å². The molecule has 1 aliphatic rings. The molecule has 1 aliphatic carbocycles. The van der Waals surface area contributed by atoms with E-state index in [1.165, 1.54) is 56.8 Å². The molecule has 0 bridgehead atoms. The molecule has 5 rings (SSSR count). The Morgan fingerprint density at radius 2 is 1.28 bits per heavy atom. The minimum Gasteiger partial charge on any atom is -0.810 e. The summed E-state index contributed by atoms with van der Waals surface area (Å²) in [6, 6.07) is 11.1. The number of hydrogen-bond acceptors (Lipinski definition) is 14. The number of aromatic nitrogens is 1. The van der Waals surface area contributed by atoms with Gasteiger partial charge in [0, 0.05) is 60.9 Å². The number of carbonyl (C=O) groups is 10. The number of amides is 9. The molecule has 3 aromatic carbocycles. The first-order valence-electron chi connectivity index (χ1n) is 26.8. The van der Waals surface area contributed by atoms with Crippen LogP contribution >= 0.6 is 31.0 Å². The fourth-order valence-corrected chi connectivity index (χ4v) is 10.3. The first-order chi connectivity index (χ1) is 39.0. The van der Waals surface area contributed by atoms with Gasteiger partial charge in [0.2, 0.25) is 53.2 Å². The summed E-state index contributed by atoms with van der Waals surface area (Å²) in [7, 11) is -4.99. The Kier molecular flexibility index (Phi) is 23.9. The van der Waals surface area contributed by atoms with E-state index in [9.17, 15) is 67.4 Å². The molecule has 0 saturated heterocycles. The Balaban J connectivity index is 1.46. The molecule has 1 fully saturated rings. The number of hydrogen-bond donors (Lipinski definition) is 11. The summed E-state index contributed by atoms with van der Waals surface area (Å²) < 4.78 is 11.6. The Morgan fingerprint density at radius 3 is 1.82 bits per heavy atom. The summed E-state index contributed by atoms with van der Waals surface area (Å²) in [6.45, 7) is 7.58. The highest BCUT2D eigenvalue weighted by atomic mass is 35.5. The van der Waals surface area contributed by atoms with Gasteiger partial charge in [0.15, 0.2) is 0 Å². The van der Waals surface area contributed by atoms with Crippen molar-refractivity contribution in [3.05, 3.63) is 106 Å². The van der Waals surface area contributed by atoms with Crippen molar-refractivity contribution in [2.45, 2.75) is 146 Å². The maximum Gasteiger partial charge on any atom is 0.303 e. The number of aliphatic carboxylic acids is 1. The van der Waals surface area contributed by atoms with E-state index in [-0.39, 0.29) is 56.4 Å². The largest absolute Gasteiger partial charge is 0.810 e. The topological polar surface area (TPSA) is 392 Å². The molecule has 0 aliphatic heterocycles. The van der Waals surface area contributed by atoms with Gasteiger partial charge in [-0.25, -0.2) is 0 Å². The number of carboxylic acids is 1. The van der Waals surface area contributed by atoms with Crippen LogP contribution in [-0.2, 0) is 77.9 Å². The van der Waals surface area contributed by atoms with E-state index in [0.717, 1.165) is 5.56 Å². The van der Waals surface area contributed by atoms with Crippen molar-refractivity contribution in [3.8, 4) is 0 Å². The lowest BCUT2D eigenvalue weighted by molar-refractivity contribution is -0.314. The summed E-state index contributed by atoms with van der Waals surface area (Å²) in [5.74, 6) is -8.30. The maximum absolute atomic E-state index is 14.9. The lowest BCUT2D eigenvalue weighted by Crippen LogP contribution is -2.63. The first-order valence-corrected chi connectivity index (χ1v) is 30.3. The van der Waals surface area contributed by atoms with Crippen LogP contribution in [0.5, 0.6) is 0 Å². The number of primary amides is 1. The number of fused-ring (bicyclic) bond motifs is 1. The van der Waals surface area contributed by atoms with Gasteiger partial charge in [-0.2, -0.15) is 11.8 Å². The van der Waals surface area contributed by atoms with Gasteiger partial charge in [0.05, 0.1) is 0 Å². The standard InChI is InChI=1S/C56H74ClN10O14PS/c1-31(2)24-42(47(58)71)64-54(78)56(21-22-56)67-52(76)39(18-19-46(69)70)61-50(74)45(27-36-29-59-41-28-37(57)16-17-38(36)41)63-49(73)44(26-34-12-14-35(15-13-34)30-82(79,80)81)65-53(77)55(4,5)66-51(75)40(20-23-83-6)62-48(72)43(60-32(3)68)25-33-10-8-7-9-11-33/h7-17,28-29,31,39-40,42-45,59H,18-27,30H2,1-6H3,(H2,58,71)(H,60,68)(H,61,74)(H,62,72)(H,63,73)(H,64,78)(H,65,77)(H,66,75)(H,67,76)(H,69,70)(H2,79,80,81)/p-2/t39-,40-,42-,43-,44-,45-/m0/s1. The van der Waals surface area contributed by atoms with Crippen LogP contribution in [0.4, 0.5) is 0 Å². The first kappa shape index (κ1) is 66.5. The van der Waals surface area contributed by atoms with E-state index in [2.05, 4.69) is 47.5 Å². The van der Waals surface area contributed by atoms with Crippen LogP contribution in [0.15, 0.2) is 79.0 Å². The van der Waals surface area contributed by atoms with Crippen LogP contribution in [0.1, 0.15) is 95.4 Å². The number of carbonyl (C=O) groups excluding carboxylic acids is 9. The minimum atomic E-state index is -4.99. The number of rotatable bonds is 32. The molecule has 1 heterocycles. The second-order valence-corrected chi connectivity index (χ2v) is 24.6. The van der Waals surface area contributed by atoms with Crippen LogP contribution in [-0.4, -0.2) is 129 Å². The van der Waals surface area contributed by atoms with Crippen LogP contribution in [0.25, 0.3) is 10.9 Å². The molecule has 0 spiro atoms. The third-order valence-electron chi connectivity index (χ3n) is 13.7. The number of thioether (sulfide) groups is 1. The molecule has 1 saturated carbocycles. The molecule has 12 N–H and O–H groups in total. The van der Waals surface area contributed by atoms with E-state index < -0.39 is 133 Å². The highest BCUT2D eigenvalue weighted by molar-refractivity contribution is 7.98. The third kappa shape index (κ3) is 20.8. The Morgan fingerprint density at radius 1 is 0.723 bits per heavy atom. The monoisotopic (exact) mass is 1210 g/mol. The van der Waals surface area contributed by atoms with E-state index in [1.54, 1.807) is 61.0 Å². The number of benzene rings is 3. The quantitative estimate of drug-likeness (QED) is 0.0303. The molecular weight excluding hydrogens is 1140 g/mol. The SMILES string of the molecule is CSCC[C@H](NC(=O)[C@H](Cc1ccccc1)NC(C)=O)C(=O)NC(C)(C)C(=O)N[C@@H](Cc1ccc(CP(=O)([O-])[O-])cc1)C(=O)N[C@@H](Cc1c[nH]c2cc(Cl)ccc12)C(=O)N[C@@H](CCC(=O)O)C(=O)NC1(C(=O)N[C@@H](CC(C)C)C(N)=O)CC1. The number of nitrogens with one attached hydrogen (secondary N) is 9. The zero-order chi connectivity index (χ0) is 61.4. The third-order valence-corrected chi connectivity index (χ3v) is 15.3. The minimum absolute atomic E-state index is 0.0430. The van der Waals surface area contributed by atoms with Crippen LogP contribution in [0.2, 0.25) is 5.02 Å². The fourth-order valence-electron chi connectivity index (χ4n) is 9.03. The second-order valence-electron chi connectivity index (χ2n) is 21.6. The molecule has 9 amide bonds. The maximum atomic E-state index is 14.9. The molecule has 6 atom stereocenters. The molecule has 83 heavy (non-hydrogen) atoms. The van der Waals surface area contributed by atoms with Crippen molar-refractivity contribution in [2.24, 2.45) is 11.7 Å². The van der Waals surface area contributed by atoms with Gasteiger partial charge in [0.25, 0.3) is 0 Å². The predicted octanol–water partition coefficient (Wildman–Crippen LogP) is 0.885. The predicted molar refractivity (Wildman–Crippen MR) is 307 cm³/mol. The van der Waals surface area contributed by atoms with Crippen molar-refractivity contribution in [3.63, 3.8) is 0 Å². The lowest BCUT2D eigenvalue weighted by Gasteiger charge is -2.31. The van der Waals surface area contributed by atoms with Crippen molar-refractivity contribution >= 4 is 101 Å². The molecule has 24 nitrogen and oxygen atoms in total. The molecule has 0 unspecified atom stereocenters. The average Bonchev–Trinajstić information content (AvgIpc) is 2.77. The molecule has 1 aromatic heterocycles. The zero-order valence-electron chi connectivity index (χ0n) is 46.9. The van der Waals surface area contributed by atoms with Gasteiger partial charge in [-0.15, -0.1) is 0 Å². The number of carboxylic acid groups (broad SMARTS) is 1. The van der Waals surface area contributed by atoms with Gasteiger partial charge in [-0.05, 0) is 98.3 Å². The molecular formula is C56H72ClN10O14PS-2. The number of aromatic amines is 1. The van der Waals surface area contributed by atoms with E-state index >= 15 is 0 Å². The molecule has 0 radical (unpaired) electrons. The van der Waals surface area contributed by atoms with Gasteiger partial charge >= 0.3 is 5.97 Å². The molecule has 450 valence electrons. The summed E-state index contributed by atoms with van der Waals surface area (Å²) in [5.41, 5.74) is 4.41. The zero-order valence-corrected chi connectivity index (χ0v) is 49.4. The summed E-state index contributed by atoms with van der Waals surface area (Å²) in [6.07, 6.45) is 1.47. The summed E-state index contributed by atoms with van der Waals surface area (Å²) in [5, 5.41) is 31.8. The highest BCUT2D eigenvalue weighted by Crippen LogP contribution is 2.36. The van der Waals surface area contributed by atoms with E-state index in [4.69, 9.17) is 17.3 Å². The Hall–Kier alpha value is -7.31. The van der Waals surface area contributed by atoms with Crippen LogP contribution in [0.3, 0.4) is 0 Å². The van der Waals surface area contributed by atoms with E-state index in [0.29, 0.717) is 32.8 Å². The smallest absolute Gasteiger partial charge is 0.303 e. The van der Waals surface area contributed by atoms with Gasteiger partial charge in [-0.3, -0.25) is 47.9 Å². The van der Waals surface area contributed by atoms with Gasteiger partial charge in [0.1, 0.15) is 47.3 Å². The van der Waals surface area contributed by atoms with Gasteiger partial charge < -0.3 is 72.7 Å². The van der Waals surface area contributed by atoms with Crippen molar-refractivity contribution in [1.29, 1.82) is 0 Å². The number of nitrogens with two attached hydrogens (primary N) is 1. The van der Waals surface area contributed by atoms with Crippen molar-refractivity contribution in [1.82, 2.24) is 47.5 Å². The lowest BCUT2D eigenvalue weighted by atomic mass is 9.98. The Bertz CT molecular complexity index is 3060. The van der Waals surface area contributed by atoms with Gasteiger partial charge in [-0.1, -0.05) is 93.7 Å². The highest BCUT2D eigenvalue weighted by Gasteiger charge is 2.52. The normalized spacial score (nSPS) is 15.0. The number of halogens is 1. The number of H-pyrrole nitrogens is 1. The second kappa shape index (κ2) is 29.8. The van der Waals surface area contributed by atoms with Crippen LogP contribution < -0.4 is 58.1 Å². The average molecular weight is 1210 g/mol. The summed E-state index contributed by atoms with van der Waals surface area (Å²) in [4.78, 5) is 163. The summed E-state index contributed by atoms with van der Waals surface area (Å²) >= 11 is 7.66. The molecule has 27 heteroatoms. The Labute approximate surface area is 489 Å². The fraction of sp³-hybridized carbons (Fsp3) is 0.464. The molecule has 4 aromatic rings. The van der Waals surface area contributed by atoms with Crippen molar-refractivity contribution < 1.29 is 67.4 Å². The van der Waals surface area contributed by atoms with E-state index in [1.807, 2.05) is 13.8 Å². The van der Waals surface area contributed by atoms with Crippen molar-refractivity contribution in [2.75, 3.05) is 12.0 Å².